The van der Waals surface area contributed by atoms with E-state index in [0.717, 1.165) is 44.0 Å². The minimum atomic E-state index is -4.31. The Morgan fingerprint density at radius 2 is 1.71 bits per heavy atom. The van der Waals surface area contributed by atoms with Gasteiger partial charge in [-0.25, -0.2) is 0 Å². The maximum absolute atomic E-state index is 12.6. The Labute approximate surface area is 198 Å². The van der Waals surface area contributed by atoms with Crippen LogP contribution >= 0.6 is 24.0 Å². The summed E-state index contributed by atoms with van der Waals surface area (Å²) >= 11 is 0. The summed E-state index contributed by atoms with van der Waals surface area (Å²) in [6.07, 6.45) is -3.70. The van der Waals surface area contributed by atoms with E-state index in [9.17, 15) is 13.2 Å². The van der Waals surface area contributed by atoms with Crippen molar-refractivity contribution in [1.29, 1.82) is 0 Å². The number of nitrogens with one attached hydrogen (secondary N) is 2. The fourth-order valence-corrected chi connectivity index (χ4v) is 3.36. The minimum Gasteiger partial charge on any atom is -0.378 e. The number of rotatable bonds is 6. The highest BCUT2D eigenvalue weighted by molar-refractivity contribution is 14.0. The first kappa shape index (κ1) is 25.3. The van der Waals surface area contributed by atoms with Gasteiger partial charge in [0.15, 0.2) is 5.96 Å². The van der Waals surface area contributed by atoms with Crippen molar-refractivity contribution < 1.29 is 17.9 Å². The summed E-state index contributed by atoms with van der Waals surface area (Å²) in [5.74, 6) is 0.652. The Kier molecular flexibility index (Phi) is 9.89. The molecule has 1 heterocycles. The molecule has 0 aliphatic carbocycles. The van der Waals surface area contributed by atoms with E-state index in [4.69, 9.17) is 4.74 Å². The lowest BCUT2D eigenvalue weighted by Crippen LogP contribution is -2.39. The zero-order chi connectivity index (χ0) is 21.4. The van der Waals surface area contributed by atoms with E-state index in [-0.39, 0.29) is 24.0 Å². The van der Waals surface area contributed by atoms with Crippen LogP contribution in [-0.2, 0) is 23.9 Å². The Bertz CT molecular complexity index is 837. The standard InChI is InChI=1S/C22H27F3N4O.HI/c1-26-21(27-11-10-17-6-8-19(9-7-17)22(23,24)25)28-16-18-4-2-3-5-20(18)29-12-14-30-15-13-29;/h2-9H,10-16H2,1H3,(H2,26,27,28);1H. The Hall–Kier alpha value is -2.01. The van der Waals surface area contributed by atoms with Gasteiger partial charge in [0, 0.05) is 38.9 Å². The Morgan fingerprint density at radius 1 is 1.03 bits per heavy atom. The van der Waals surface area contributed by atoms with Crippen molar-refractivity contribution in [3.8, 4) is 0 Å². The van der Waals surface area contributed by atoms with E-state index in [1.807, 2.05) is 12.1 Å². The first-order chi connectivity index (χ1) is 14.5. The van der Waals surface area contributed by atoms with Gasteiger partial charge in [-0.1, -0.05) is 30.3 Å². The molecule has 9 heteroatoms. The molecule has 0 spiro atoms. The number of nitrogens with zero attached hydrogens (tertiary/aromatic N) is 2. The summed E-state index contributed by atoms with van der Waals surface area (Å²) in [5.41, 5.74) is 2.57. The third-order valence-electron chi connectivity index (χ3n) is 5.00. The van der Waals surface area contributed by atoms with Gasteiger partial charge in [0.25, 0.3) is 0 Å². The summed E-state index contributed by atoms with van der Waals surface area (Å²) in [7, 11) is 1.70. The zero-order valence-corrected chi connectivity index (χ0v) is 19.7. The topological polar surface area (TPSA) is 48.9 Å². The number of alkyl halides is 3. The van der Waals surface area contributed by atoms with Crippen LogP contribution in [0.5, 0.6) is 0 Å². The zero-order valence-electron chi connectivity index (χ0n) is 17.4. The second-order valence-electron chi connectivity index (χ2n) is 7.03. The monoisotopic (exact) mass is 548 g/mol. The number of guanidine groups is 1. The molecule has 3 rings (SSSR count). The lowest BCUT2D eigenvalue weighted by molar-refractivity contribution is -0.137. The molecular formula is C22H28F3IN4O. The molecule has 0 radical (unpaired) electrons. The van der Waals surface area contributed by atoms with Crippen molar-refractivity contribution in [2.45, 2.75) is 19.1 Å². The van der Waals surface area contributed by atoms with Gasteiger partial charge >= 0.3 is 6.18 Å². The fraction of sp³-hybridized carbons (Fsp3) is 0.409. The summed E-state index contributed by atoms with van der Waals surface area (Å²) in [6, 6.07) is 13.5. The van der Waals surface area contributed by atoms with Gasteiger partial charge in [-0.2, -0.15) is 13.2 Å². The van der Waals surface area contributed by atoms with Crippen molar-refractivity contribution in [3.05, 3.63) is 65.2 Å². The van der Waals surface area contributed by atoms with Gasteiger partial charge in [-0.3, -0.25) is 4.99 Å². The van der Waals surface area contributed by atoms with E-state index in [2.05, 4.69) is 32.7 Å². The number of hydrogen-bond donors (Lipinski definition) is 2. The van der Waals surface area contributed by atoms with Crippen LogP contribution < -0.4 is 15.5 Å². The molecule has 1 fully saturated rings. The van der Waals surface area contributed by atoms with Gasteiger partial charge in [-0.05, 0) is 35.7 Å². The average molecular weight is 548 g/mol. The Morgan fingerprint density at radius 3 is 2.35 bits per heavy atom. The molecule has 0 bridgehead atoms. The number of anilines is 1. The second kappa shape index (κ2) is 12.1. The molecule has 1 aliphatic rings. The highest BCUT2D eigenvalue weighted by Gasteiger charge is 2.29. The van der Waals surface area contributed by atoms with Crippen LogP contribution in [0.3, 0.4) is 0 Å². The molecule has 1 saturated heterocycles. The summed E-state index contributed by atoms with van der Waals surface area (Å²) in [5, 5.41) is 6.53. The molecule has 2 aromatic rings. The molecule has 1 aliphatic heterocycles. The molecule has 0 saturated carbocycles. The number of para-hydroxylation sites is 1. The summed E-state index contributed by atoms with van der Waals surface area (Å²) in [6.45, 7) is 4.39. The number of aliphatic imine (C=N–C) groups is 1. The number of morpholine rings is 1. The predicted octanol–water partition coefficient (Wildman–Crippen LogP) is 4.07. The minimum absolute atomic E-state index is 0. The number of hydrogen-bond acceptors (Lipinski definition) is 3. The molecule has 2 N–H and O–H groups in total. The van der Waals surface area contributed by atoms with Crippen LogP contribution in [0.2, 0.25) is 0 Å². The average Bonchev–Trinajstić information content (AvgIpc) is 2.76. The molecule has 2 aromatic carbocycles. The number of ether oxygens (including phenoxy) is 1. The number of benzene rings is 2. The smallest absolute Gasteiger partial charge is 0.378 e. The molecule has 0 amide bonds. The number of halogens is 4. The third-order valence-corrected chi connectivity index (χ3v) is 5.00. The van der Waals surface area contributed by atoms with Crippen molar-refractivity contribution in [2.24, 2.45) is 4.99 Å². The first-order valence-electron chi connectivity index (χ1n) is 9.98. The van der Waals surface area contributed by atoms with Crippen LogP contribution in [0.1, 0.15) is 16.7 Å². The van der Waals surface area contributed by atoms with Crippen molar-refractivity contribution in [1.82, 2.24) is 10.6 Å². The van der Waals surface area contributed by atoms with E-state index >= 15 is 0 Å². The molecule has 170 valence electrons. The van der Waals surface area contributed by atoms with Crippen LogP contribution in [0.15, 0.2) is 53.5 Å². The molecule has 0 aromatic heterocycles. The highest BCUT2D eigenvalue weighted by atomic mass is 127. The summed E-state index contributed by atoms with van der Waals surface area (Å²) < 4.78 is 43.4. The molecule has 0 atom stereocenters. The highest BCUT2D eigenvalue weighted by Crippen LogP contribution is 2.29. The van der Waals surface area contributed by atoms with Crippen molar-refractivity contribution in [2.75, 3.05) is 44.8 Å². The van der Waals surface area contributed by atoms with Crippen LogP contribution in [0.4, 0.5) is 18.9 Å². The van der Waals surface area contributed by atoms with Gasteiger partial charge in [-0.15, -0.1) is 24.0 Å². The van der Waals surface area contributed by atoms with E-state index < -0.39 is 11.7 Å². The van der Waals surface area contributed by atoms with E-state index in [1.165, 1.54) is 23.4 Å². The van der Waals surface area contributed by atoms with Gasteiger partial charge in [0.1, 0.15) is 0 Å². The predicted molar refractivity (Wildman–Crippen MR) is 128 cm³/mol. The van der Waals surface area contributed by atoms with Crippen molar-refractivity contribution in [3.63, 3.8) is 0 Å². The largest absolute Gasteiger partial charge is 0.416 e. The quantitative estimate of drug-likeness (QED) is 0.325. The first-order valence-corrected chi connectivity index (χ1v) is 9.98. The summed E-state index contributed by atoms with van der Waals surface area (Å²) in [4.78, 5) is 6.56. The second-order valence-corrected chi connectivity index (χ2v) is 7.03. The normalized spacial score (nSPS) is 14.7. The maximum atomic E-state index is 12.6. The Balaban J connectivity index is 0.00000341. The van der Waals surface area contributed by atoms with Crippen LogP contribution in [0.25, 0.3) is 0 Å². The SMILES string of the molecule is CN=C(NCCc1ccc(C(F)(F)F)cc1)NCc1ccccc1N1CCOCC1.I. The van der Waals surface area contributed by atoms with Gasteiger partial charge < -0.3 is 20.3 Å². The lowest BCUT2D eigenvalue weighted by Gasteiger charge is -2.30. The molecule has 31 heavy (non-hydrogen) atoms. The van der Waals surface area contributed by atoms with Crippen LogP contribution in [-0.4, -0.2) is 45.9 Å². The third kappa shape index (κ3) is 7.57. The molecule has 0 unspecified atom stereocenters. The fourth-order valence-electron chi connectivity index (χ4n) is 3.36. The van der Waals surface area contributed by atoms with Crippen molar-refractivity contribution >= 4 is 35.6 Å². The van der Waals surface area contributed by atoms with Gasteiger partial charge in [0.2, 0.25) is 0 Å². The maximum Gasteiger partial charge on any atom is 0.416 e. The van der Waals surface area contributed by atoms with E-state index in [1.54, 1.807) is 7.05 Å². The van der Waals surface area contributed by atoms with Crippen LogP contribution in [0, 0.1) is 0 Å². The molecular weight excluding hydrogens is 520 g/mol. The van der Waals surface area contributed by atoms with E-state index in [0.29, 0.717) is 25.5 Å². The van der Waals surface area contributed by atoms with Gasteiger partial charge in [0.05, 0.1) is 18.8 Å². The molecule has 5 nitrogen and oxygen atoms in total. The lowest BCUT2D eigenvalue weighted by atomic mass is 10.1.